The van der Waals surface area contributed by atoms with Crippen molar-refractivity contribution in [2.45, 2.75) is 12.8 Å². The second kappa shape index (κ2) is 5.10. The standard InChI is InChI=1S/C13H16FN3/c1-10(7-15-2)11-8-16-17(9-11)13-6-4-3-5-12(13)14/h3-6,8-10,15H,7H2,1-2H3. The normalized spacial score (nSPS) is 12.6. The summed E-state index contributed by atoms with van der Waals surface area (Å²) in [6, 6.07) is 6.63. The highest BCUT2D eigenvalue weighted by Gasteiger charge is 2.09. The maximum atomic E-state index is 13.6. The minimum Gasteiger partial charge on any atom is -0.319 e. The van der Waals surface area contributed by atoms with E-state index in [-0.39, 0.29) is 5.82 Å². The number of aromatic nitrogens is 2. The van der Waals surface area contributed by atoms with Crippen LogP contribution in [0.4, 0.5) is 4.39 Å². The first-order valence-corrected chi connectivity index (χ1v) is 5.66. The Kier molecular flexibility index (Phi) is 3.54. The Morgan fingerprint density at radius 2 is 2.18 bits per heavy atom. The molecule has 0 saturated carbocycles. The third kappa shape index (κ3) is 2.53. The van der Waals surface area contributed by atoms with Gasteiger partial charge < -0.3 is 5.32 Å². The number of halogens is 1. The number of para-hydroxylation sites is 1. The largest absolute Gasteiger partial charge is 0.319 e. The van der Waals surface area contributed by atoms with Crippen LogP contribution in [0.5, 0.6) is 0 Å². The van der Waals surface area contributed by atoms with Crippen LogP contribution in [0.15, 0.2) is 36.7 Å². The molecule has 0 aliphatic rings. The zero-order valence-corrected chi connectivity index (χ0v) is 10.0. The smallest absolute Gasteiger partial charge is 0.148 e. The van der Waals surface area contributed by atoms with Gasteiger partial charge >= 0.3 is 0 Å². The average Bonchev–Trinajstić information content (AvgIpc) is 2.79. The van der Waals surface area contributed by atoms with E-state index < -0.39 is 0 Å². The Labute approximate surface area is 100 Å². The van der Waals surface area contributed by atoms with E-state index in [9.17, 15) is 4.39 Å². The predicted octanol–water partition coefficient (Wildman–Crippen LogP) is 2.33. The van der Waals surface area contributed by atoms with E-state index >= 15 is 0 Å². The lowest BCUT2D eigenvalue weighted by Crippen LogP contribution is -2.14. The minimum absolute atomic E-state index is 0.261. The van der Waals surface area contributed by atoms with Crippen molar-refractivity contribution in [1.29, 1.82) is 0 Å². The van der Waals surface area contributed by atoms with Gasteiger partial charge in [0.1, 0.15) is 11.5 Å². The monoisotopic (exact) mass is 233 g/mol. The summed E-state index contributed by atoms with van der Waals surface area (Å²) in [6.45, 7) is 2.99. The number of benzene rings is 1. The summed E-state index contributed by atoms with van der Waals surface area (Å²) in [5, 5.41) is 7.31. The summed E-state index contributed by atoms with van der Waals surface area (Å²) in [6.07, 6.45) is 3.66. The van der Waals surface area contributed by atoms with Crippen molar-refractivity contribution in [2.75, 3.05) is 13.6 Å². The van der Waals surface area contributed by atoms with Gasteiger partial charge in [-0.3, -0.25) is 0 Å². The third-order valence-electron chi connectivity index (χ3n) is 2.78. The van der Waals surface area contributed by atoms with Gasteiger partial charge in [-0.1, -0.05) is 19.1 Å². The van der Waals surface area contributed by atoms with Crippen LogP contribution in [-0.4, -0.2) is 23.4 Å². The Morgan fingerprint density at radius 3 is 2.88 bits per heavy atom. The number of hydrogen-bond donors (Lipinski definition) is 1. The molecular formula is C13H16FN3. The van der Waals surface area contributed by atoms with Crippen molar-refractivity contribution >= 4 is 0 Å². The quantitative estimate of drug-likeness (QED) is 0.878. The molecule has 0 spiro atoms. The topological polar surface area (TPSA) is 29.9 Å². The molecule has 1 atom stereocenters. The van der Waals surface area contributed by atoms with E-state index in [1.165, 1.54) is 6.07 Å². The highest BCUT2D eigenvalue weighted by molar-refractivity contribution is 5.33. The van der Waals surface area contributed by atoms with Crippen LogP contribution in [0.3, 0.4) is 0 Å². The lowest BCUT2D eigenvalue weighted by atomic mass is 10.1. The van der Waals surface area contributed by atoms with Gasteiger partial charge in [-0.15, -0.1) is 0 Å². The number of nitrogens with zero attached hydrogens (tertiary/aromatic N) is 2. The zero-order chi connectivity index (χ0) is 12.3. The molecular weight excluding hydrogens is 217 g/mol. The average molecular weight is 233 g/mol. The van der Waals surface area contributed by atoms with Gasteiger partial charge in [0.2, 0.25) is 0 Å². The number of hydrogen-bond acceptors (Lipinski definition) is 2. The van der Waals surface area contributed by atoms with Crippen LogP contribution in [0.1, 0.15) is 18.4 Å². The number of nitrogens with one attached hydrogen (secondary N) is 1. The van der Waals surface area contributed by atoms with E-state index in [4.69, 9.17) is 0 Å². The molecule has 0 fully saturated rings. The highest BCUT2D eigenvalue weighted by Crippen LogP contribution is 2.17. The van der Waals surface area contributed by atoms with E-state index in [2.05, 4.69) is 17.3 Å². The van der Waals surface area contributed by atoms with Crippen molar-refractivity contribution in [3.63, 3.8) is 0 Å². The third-order valence-corrected chi connectivity index (χ3v) is 2.78. The lowest BCUT2D eigenvalue weighted by Gasteiger charge is -2.07. The molecule has 1 aromatic carbocycles. The molecule has 4 heteroatoms. The lowest BCUT2D eigenvalue weighted by molar-refractivity contribution is 0.610. The van der Waals surface area contributed by atoms with Crippen LogP contribution in [-0.2, 0) is 0 Å². The molecule has 0 aliphatic carbocycles. The summed E-state index contributed by atoms with van der Waals surface area (Å²) in [7, 11) is 1.91. The molecule has 1 N–H and O–H groups in total. The Bertz CT molecular complexity index is 493. The van der Waals surface area contributed by atoms with Crippen molar-refractivity contribution < 1.29 is 4.39 Å². The van der Waals surface area contributed by atoms with Crippen molar-refractivity contribution in [3.05, 3.63) is 48.0 Å². The minimum atomic E-state index is -0.261. The predicted molar refractivity (Wildman–Crippen MR) is 65.9 cm³/mol. The van der Waals surface area contributed by atoms with Crippen LogP contribution in [0.25, 0.3) is 5.69 Å². The molecule has 1 unspecified atom stereocenters. The summed E-state index contributed by atoms with van der Waals surface area (Å²) < 4.78 is 15.1. The highest BCUT2D eigenvalue weighted by atomic mass is 19.1. The van der Waals surface area contributed by atoms with Gasteiger partial charge in [-0.05, 0) is 30.7 Å². The van der Waals surface area contributed by atoms with Crippen LogP contribution < -0.4 is 5.32 Å². The summed E-state index contributed by atoms with van der Waals surface area (Å²) in [4.78, 5) is 0. The molecule has 0 amide bonds. The van der Waals surface area contributed by atoms with E-state index in [0.29, 0.717) is 11.6 Å². The van der Waals surface area contributed by atoms with Crippen molar-refractivity contribution in [2.24, 2.45) is 0 Å². The number of likely N-dealkylation sites (N-methyl/N-ethyl adjacent to an activating group) is 1. The first-order chi connectivity index (χ1) is 8.22. The molecule has 1 heterocycles. The van der Waals surface area contributed by atoms with Gasteiger partial charge in [-0.2, -0.15) is 5.10 Å². The van der Waals surface area contributed by atoms with Gasteiger partial charge in [0.25, 0.3) is 0 Å². The maximum Gasteiger partial charge on any atom is 0.148 e. The Morgan fingerprint density at radius 1 is 1.41 bits per heavy atom. The SMILES string of the molecule is CNCC(C)c1cnn(-c2ccccc2F)c1. The van der Waals surface area contributed by atoms with Crippen LogP contribution in [0, 0.1) is 5.82 Å². The summed E-state index contributed by atoms with van der Waals surface area (Å²) >= 11 is 0. The molecule has 0 radical (unpaired) electrons. The summed E-state index contributed by atoms with van der Waals surface area (Å²) in [5.74, 6) is 0.101. The Balaban J connectivity index is 2.27. The molecule has 0 saturated heterocycles. The van der Waals surface area contributed by atoms with Gasteiger partial charge in [0.15, 0.2) is 0 Å². The second-order valence-corrected chi connectivity index (χ2v) is 4.13. The van der Waals surface area contributed by atoms with Gasteiger partial charge in [-0.25, -0.2) is 9.07 Å². The molecule has 0 aliphatic heterocycles. The van der Waals surface area contributed by atoms with Gasteiger partial charge in [0, 0.05) is 12.7 Å². The van der Waals surface area contributed by atoms with E-state index in [1.54, 1.807) is 29.1 Å². The van der Waals surface area contributed by atoms with Crippen molar-refractivity contribution in [1.82, 2.24) is 15.1 Å². The van der Waals surface area contributed by atoms with E-state index in [0.717, 1.165) is 12.1 Å². The zero-order valence-electron chi connectivity index (χ0n) is 10.0. The molecule has 90 valence electrons. The molecule has 3 nitrogen and oxygen atoms in total. The second-order valence-electron chi connectivity index (χ2n) is 4.13. The fourth-order valence-corrected chi connectivity index (χ4v) is 1.78. The number of rotatable bonds is 4. The molecule has 1 aromatic heterocycles. The molecule has 0 bridgehead atoms. The fourth-order valence-electron chi connectivity index (χ4n) is 1.78. The Hall–Kier alpha value is -1.68. The molecule has 2 aromatic rings. The van der Waals surface area contributed by atoms with Crippen LogP contribution >= 0.6 is 0 Å². The first kappa shape index (κ1) is 11.8. The molecule has 2 rings (SSSR count). The van der Waals surface area contributed by atoms with Gasteiger partial charge in [0.05, 0.1) is 6.20 Å². The van der Waals surface area contributed by atoms with Crippen LogP contribution in [0.2, 0.25) is 0 Å². The fraction of sp³-hybridized carbons (Fsp3) is 0.308. The maximum absolute atomic E-state index is 13.6. The van der Waals surface area contributed by atoms with Crippen molar-refractivity contribution in [3.8, 4) is 5.69 Å². The first-order valence-electron chi connectivity index (χ1n) is 5.66. The summed E-state index contributed by atoms with van der Waals surface area (Å²) in [5.41, 5.74) is 1.58. The van der Waals surface area contributed by atoms with E-state index in [1.807, 2.05) is 13.2 Å². The molecule has 17 heavy (non-hydrogen) atoms.